The van der Waals surface area contributed by atoms with Crippen LogP contribution in [-0.4, -0.2) is 82.2 Å². The number of carbonyl (C=O) groups excluding carboxylic acids is 1. The average Bonchev–Trinajstić information content (AvgIpc) is 3.49. The summed E-state index contributed by atoms with van der Waals surface area (Å²) in [7, 11) is -3.45. The summed E-state index contributed by atoms with van der Waals surface area (Å²) in [4.78, 5) is 21.0. The van der Waals surface area contributed by atoms with Crippen LogP contribution in [0, 0.1) is 12.8 Å². The number of nitrogens with one attached hydrogen (secondary N) is 1. The molecular formula is C26H32F3N5O4S. The number of amides is 2. The van der Waals surface area contributed by atoms with E-state index in [2.05, 4.69) is 10.2 Å². The second-order valence-electron chi connectivity index (χ2n) is 10.3. The molecule has 39 heavy (non-hydrogen) atoms. The predicted molar refractivity (Wildman–Crippen MR) is 143 cm³/mol. The highest BCUT2D eigenvalue weighted by Crippen LogP contribution is 2.35. The highest BCUT2D eigenvalue weighted by molar-refractivity contribution is 7.93. The zero-order chi connectivity index (χ0) is 27.8. The molecule has 3 fully saturated rings. The van der Waals surface area contributed by atoms with E-state index in [1.807, 2.05) is 19.1 Å². The molecule has 5 rings (SSSR count). The van der Waals surface area contributed by atoms with Crippen LogP contribution in [0.4, 0.5) is 35.3 Å². The number of carbonyl (C=O) groups is 1. The molecule has 9 nitrogen and oxygen atoms in total. The van der Waals surface area contributed by atoms with E-state index in [9.17, 15) is 26.4 Å². The molecule has 2 aromatic rings. The first-order valence-corrected chi connectivity index (χ1v) is 14.7. The Labute approximate surface area is 226 Å². The molecule has 2 amide bonds. The van der Waals surface area contributed by atoms with Crippen LogP contribution in [0.1, 0.15) is 24.8 Å². The number of halogens is 3. The number of aromatic nitrogens is 1. The molecule has 0 bridgehead atoms. The van der Waals surface area contributed by atoms with Gasteiger partial charge < -0.3 is 19.9 Å². The van der Waals surface area contributed by atoms with Crippen molar-refractivity contribution in [3.8, 4) is 11.1 Å². The molecule has 1 aromatic heterocycles. The lowest BCUT2D eigenvalue weighted by molar-refractivity contribution is -0.143. The van der Waals surface area contributed by atoms with Crippen LogP contribution < -0.4 is 14.5 Å². The van der Waals surface area contributed by atoms with Gasteiger partial charge in [-0.05, 0) is 66.6 Å². The summed E-state index contributed by atoms with van der Waals surface area (Å²) in [6.07, 6.45) is -4.30. The predicted octanol–water partition coefficient (Wildman–Crippen LogP) is 4.24. The molecule has 0 unspecified atom stereocenters. The van der Waals surface area contributed by atoms with E-state index in [1.54, 1.807) is 18.2 Å². The lowest BCUT2D eigenvalue weighted by Gasteiger charge is -2.29. The maximum Gasteiger partial charge on any atom is 0.389 e. The first-order chi connectivity index (χ1) is 18.5. The maximum absolute atomic E-state index is 12.9. The van der Waals surface area contributed by atoms with Crippen molar-refractivity contribution in [2.45, 2.75) is 32.4 Å². The number of nitrogens with zero attached hydrogens (tertiary/aromatic N) is 4. The lowest BCUT2D eigenvalue weighted by atomic mass is 10.00. The van der Waals surface area contributed by atoms with Crippen molar-refractivity contribution in [1.29, 1.82) is 0 Å². The Morgan fingerprint density at radius 3 is 2.54 bits per heavy atom. The number of sulfonamides is 1. The summed E-state index contributed by atoms with van der Waals surface area (Å²) in [5.41, 5.74) is 2.95. The van der Waals surface area contributed by atoms with E-state index < -0.39 is 34.6 Å². The van der Waals surface area contributed by atoms with Gasteiger partial charge in [-0.3, -0.25) is 4.31 Å². The monoisotopic (exact) mass is 567 g/mol. The second-order valence-corrected chi connectivity index (χ2v) is 12.3. The van der Waals surface area contributed by atoms with Crippen molar-refractivity contribution in [3.63, 3.8) is 0 Å². The van der Waals surface area contributed by atoms with Gasteiger partial charge in [-0.2, -0.15) is 13.2 Å². The van der Waals surface area contributed by atoms with E-state index >= 15 is 0 Å². The van der Waals surface area contributed by atoms with Crippen molar-refractivity contribution in [3.05, 3.63) is 35.9 Å². The molecule has 13 heteroatoms. The number of urea groups is 1. The Kier molecular flexibility index (Phi) is 7.64. The number of likely N-dealkylation sites (tertiary alicyclic amines) is 1. The van der Waals surface area contributed by atoms with Gasteiger partial charge in [-0.15, -0.1) is 0 Å². The molecular weight excluding hydrogens is 535 g/mol. The van der Waals surface area contributed by atoms with Crippen LogP contribution in [-0.2, 0) is 14.8 Å². The molecule has 1 aromatic carbocycles. The number of hydrogen-bond acceptors (Lipinski definition) is 6. The zero-order valence-electron chi connectivity index (χ0n) is 21.7. The quantitative estimate of drug-likeness (QED) is 0.581. The fraction of sp³-hybridized carbons (Fsp3) is 0.538. The third-order valence-corrected chi connectivity index (χ3v) is 9.23. The van der Waals surface area contributed by atoms with Crippen molar-refractivity contribution >= 4 is 33.4 Å². The largest absolute Gasteiger partial charge is 0.389 e. The Morgan fingerprint density at radius 1 is 1.10 bits per heavy atom. The van der Waals surface area contributed by atoms with Crippen LogP contribution in [0.2, 0.25) is 0 Å². The number of rotatable bonds is 5. The highest BCUT2D eigenvalue weighted by Gasteiger charge is 2.36. The van der Waals surface area contributed by atoms with Crippen molar-refractivity contribution < 1.29 is 31.1 Å². The number of pyridine rings is 1. The van der Waals surface area contributed by atoms with Gasteiger partial charge in [-0.25, -0.2) is 18.2 Å². The van der Waals surface area contributed by atoms with Gasteiger partial charge in [0, 0.05) is 44.8 Å². The first-order valence-electron chi connectivity index (χ1n) is 13.1. The molecule has 0 radical (unpaired) electrons. The first kappa shape index (κ1) is 27.5. The van der Waals surface area contributed by atoms with Gasteiger partial charge in [0.2, 0.25) is 10.0 Å². The third kappa shape index (κ3) is 6.40. The molecule has 0 aliphatic carbocycles. The number of alkyl halides is 3. The van der Waals surface area contributed by atoms with E-state index in [4.69, 9.17) is 9.72 Å². The zero-order valence-corrected chi connectivity index (χ0v) is 22.5. The minimum Gasteiger partial charge on any atom is -0.378 e. The summed E-state index contributed by atoms with van der Waals surface area (Å²) >= 11 is 0. The fourth-order valence-corrected chi connectivity index (χ4v) is 6.86. The topological polar surface area (TPSA) is 95.1 Å². The Balaban J connectivity index is 1.42. The molecule has 4 heterocycles. The number of morpholine rings is 1. The van der Waals surface area contributed by atoms with Gasteiger partial charge in [0.15, 0.2) is 0 Å². The minimum absolute atomic E-state index is 0.0605. The summed E-state index contributed by atoms with van der Waals surface area (Å²) in [5.74, 6) is 0.481. The van der Waals surface area contributed by atoms with Gasteiger partial charge in [0.05, 0.1) is 19.0 Å². The number of anilines is 3. The minimum atomic E-state index is -4.25. The molecule has 3 saturated heterocycles. The van der Waals surface area contributed by atoms with Gasteiger partial charge in [-0.1, -0.05) is 6.07 Å². The normalized spacial score (nSPS) is 21.4. The molecule has 3 aliphatic heterocycles. The number of aryl methyl sites for hydroxylation is 1. The molecule has 0 saturated carbocycles. The maximum atomic E-state index is 12.9. The van der Waals surface area contributed by atoms with Gasteiger partial charge >= 0.3 is 12.2 Å². The Hall–Kier alpha value is -3.06. The Morgan fingerprint density at radius 2 is 1.85 bits per heavy atom. The average molecular weight is 568 g/mol. The van der Waals surface area contributed by atoms with Crippen LogP contribution in [0.5, 0.6) is 0 Å². The summed E-state index contributed by atoms with van der Waals surface area (Å²) in [6.45, 7) is 4.96. The fourth-order valence-electron chi connectivity index (χ4n) is 5.36. The van der Waals surface area contributed by atoms with Crippen molar-refractivity contribution in [2.24, 2.45) is 5.92 Å². The van der Waals surface area contributed by atoms with Crippen molar-refractivity contribution in [1.82, 2.24) is 9.88 Å². The Bertz CT molecular complexity index is 1330. The van der Waals surface area contributed by atoms with Gasteiger partial charge in [0.25, 0.3) is 0 Å². The summed E-state index contributed by atoms with van der Waals surface area (Å²) < 4.78 is 70.5. The van der Waals surface area contributed by atoms with Crippen LogP contribution >= 0.6 is 0 Å². The van der Waals surface area contributed by atoms with E-state index in [1.165, 1.54) is 9.21 Å². The van der Waals surface area contributed by atoms with Gasteiger partial charge in [0.1, 0.15) is 11.6 Å². The van der Waals surface area contributed by atoms with Crippen LogP contribution in [0.3, 0.4) is 0 Å². The molecule has 3 aliphatic rings. The van der Waals surface area contributed by atoms with E-state index in [-0.39, 0.29) is 18.8 Å². The lowest BCUT2D eigenvalue weighted by Crippen LogP contribution is -2.37. The van der Waals surface area contributed by atoms with Crippen LogP contribution in [0.15, 0.2) is 30.3 Å². The SMILES string of the molecule is Cc1ccc(NC(=O)N2CC[C@@H](CC(F)(F)F)C2)cc1-c1cc(N2CCOCC2)nc(N2CCCS2(=O)=O)c1. The van der Waals surface area contributed by atoms with Crippen molar-refractivity contribution in [2.75, 3.05) is 66.2 Å². The number of hydrogen-bond donors (Lipinski definition) is 1. The van der Waals surface area contributed by atoms with Crippen LogP contribution in [0.25, 0.3) is 11.1 Å². The molecule has 0 spiro atoms. The van der Waals surface area contributed by atoms with E-state index in [0.717, 1.165) is 16.7 Å². The summed E-state index contributed by atoms with van der Waals surface area (Å²) in [5, 5.41) is 2.82. The third-order valence-electron chi connectivity index (χ3n) is 7.38. The molecule has 1 atom stereocenters. The summed E-state index contributed by atoms with van der Waals surface area (Å²) in [6, 6.07) is 8.62. The number of ether oxygens (including phenoxy) is 1. The second kappa shape index (κ2) is 10.8. The molecule has 1 N–H and O–H groups in total. The highest BCUT2D eigenvalue weighted by atomic mass is 32.2. The van der Waals surface area contributed by atoms with E-state index in [0.29, 0.717) is 63.0 Å². The number of benzene rings is 1. The standard InChI is InChI=1S/C26H32F3N5O4S/c1-18-3-4-21(30-25(35)33-7-5-19(17-33)16-26(27,28)29)15-22(18)20-13-23(32-8-10-38-11-9-32)31-24(14-20)34-6-2-12-39(34,36)37/h3-4,13-15,19H,2,5-12,16-17H2,1H3,(H,30,35)/t19-/m0/s1. The molecule has 212 valence electrons. The smallest absolute Gasteiger partial charge is 0.378 e.